The lowest BCUT2D eigenvalue weighted by atomic mass is 10.0. The Bertz CT molecular complexity index is 409. The van der Waals surface area contributed by atoms with Crippen LogP contribution in [0.2, 0.25) is 0 Å². The largest absolute Gasteiger partial charge is 0.205 e. The third-order valence-electron chi connectivity index (χ3n) is 5.83. The maximum atomic E-state index is 2.32. The molecule has 0 aromatic carbocycles. The van der Waals surface area contributed by atoms with Crippen molar-refractivity contribution in [3.05, 3.63) is 30.1 Å². The molecule has 1 heteroatoms. The molecule has 27 heavy (non-hydrogen) atoms. The molecule has 156 valence electrons. The first-order chi connectivity index (χ1) is 13.3. The number of hydrogen-bond donors (Lipinski definition) is 0. The Labute approximate surface area is 171 Å². The van der Waals surface area contributed by atoms with E-state index in [4.69, 9.17) is 0 Å². The lowest BCUT2D eigenvalue weighted by Crippen LogP contribution is -2.32. The summed E-state index contributed by atoms with van der Waals surface area (Å²) in [6, 6.07) is 4.41. The summed E-state index contributed by atoms with van der Waals surface area (Å²) < 4.78 is 2.32. The molecule has 0 aliphatic rings. The molecule has 1 aromatic heterocycles. The van der Waals surface area contributed by atoms with E-state index < -0.39 is 0 Å². The van der Waals surface area contributed by atoms with E-state index >= 15 is 0 Å². The highest BCUT2D eigenvalue weighted by Crippen LogP contribution is 2.14. The number of nitrogens with zero attached hydrogens (tertiary/aromatic N) is 1. The van der Waals surface area contributed by atoms with Gasteiger partial charge in [0.2, 0.25) is 0 Å². The van der Waals surface area contributed by atoms with Gasteiger partial charge in [-0.15, -0.1) is 0 Å². The maximum absolute atomic E-state index is 2.32. The molecule has 1 nitrogen and oxygen atoms in total. The van der Waals surface area contributed by atoms with Crippen molar-refractivity contribution in [2.45, 2.75) is 136 Å². The van der Waals surface area contributed by atoms with Crippen molar-refractivity contribution in [1.82, 2.24) is 0 Å². The van der Waals surface area contributed by atoms with Gasteiger partial charge in [-0.2, -0.15) is 0 Å². The van der Waals surface area contributed by atoms with Crippen LogP contribution in [0.25, 0.3) is 0 Å². The standard InChI is InChI=1S/C26H48N/c1-3-4-5-6-7-8-9-10-11-12-13-14-15-16-17-18-19-20-23-27-24-21-26(2)22-25-27/h21-22,24-25H,3-20,23H2,1-2H3/q+1. The van der Waals surface area contributed by atoms with Crippen LogP contribution < -0.4 is 4.57 Å². The quantitative estimate of drug-likeness (QED) is 0.169. The van der Waals surface area contributed by atoms with Crippen molar-refractivity contribution in [2.24, 2.45) is 0 Å². The Hall–Kier alpha value is -0.850. The Morgan fingerprint density at radius 1 is 0.519 bits per heavy atom. The van der Waals surface area contributed by atoms with Crippen LogP contribution >= 0.6 is 0 Å². The third-order valence-corrected chi connectivity index (χ3v) is 5.83. The number of rotatable bonds is 19. The molecule has 0 aliphatic carbocycles. The summed E-state index contributed by atoms with van der Waals surface area (Å²) >= 11 is 0. The summed E-state index contributed by atoms with van der Waals surface area (Å²) in [5.74, 6) is 0. The molecule has 0 aliphatic heterocycles. The summed E-state index contributed by atoms with van der Waals surface area (Å²) in [6.07, 6.45) is 30.5. The van der Waals surface area contributed by atoms with Crippen LogP contribution in [0.5, 0.6) is 0 Å². The minimum atomic E-state index is 1.18. The number of aromatic nitrogens is 1. The van der Waals surface area contributed by atoms with E-state index in [2.05, 4.69) is 42.9 Å². The van der Waals surface area contributed by atoms with E-state index in [1.807, 2.05) is 0 Å². The molecule has 0 fully saturated rings. The van der Waals surface area contributed by atoms with E-state index in [1.165, 1.54) is 128 Å². The number of aryl methyl sites for hydroxylation is 2. The smallest absolute Gasteiger partial charge is 0.169 e. The molecule has 1 heterocycles. The van der Waals surface area contributed by atoms with Gasteiger partial charge in [0, 0.05) is 18.6 Å². The van der Waals surface area contributed by atoms with E-state index in [9.17, 15) is 0 Å². The zero-order valence-electron chi connectivity index (χ0n) is 18.7. The van der Waals surface area contributed by atoms with Crippen molar-refractivity contribution in [1.29, 1.82) is 0 Å². The maximum Gasteiger partial charge on any atom is 0.169 e. The van der Waals surface area contributed by atoms with Crippen LogP contribution in [0, 0.1) is 6.92 Å². The Morgan fingerprint density at radius 3 is 1.22 bits per heavy atom. The normalized spacial score (nSPS) is 11.2. The first-order valence-electron chi connectivity index (χ1n) is 12.3. The minimum Gasteiger partial charge on any atom is -0.205 e. The monoisotopic (exact) mass is 374 g/mol. The van der Waals surface area contributed by atoms with Crippen LogP contribution in [0.3, 0.4) is 0 Å². The van der Waals surface area contributed by atoms with Crippen molar-refractivity contribution < 1.29 is 4.57 Å². The van der Waals surface area contributed by atoms with Gasteiger partial charge in [0.05, 0.1) is 0 Å². The predicted molar refractivity (Wildman–Crippen MR) is 120 cm³/mol. The average molecular weight is 375 g/mol. The van der Waals surface area contributed by atoms with E-state index in [-0.39, 0.29) is 0 Å². The van der Waals surface area contributed by atoms with Crippen LogP contribution in [-0.2, 0) is 6.54 Å². The van der Waals surface area contributed by atoms with Crippen LogP contribution in [-0.4, -0.2) is 0 Å². The summed E-state index contributed by atoms with van der Waals surface area (Å²) in [4.78, 5) is 0. The Morgan fingerprint density at radius 2 is 0.852 bits per heavy atom. The molecule has 0 unspecified atom stereocenters. The predicted octanol–water partition coefficient (Wildman–Crippen LogP) is 8.32. The summed E-state index contributed by atoms with van der Waals surface area (Å²) in [6.45, 7) is 5.63. The number of unbranched alkanes of at least 4 members (excludes halogenated alkanes) is 17. The number of pyridine rings is 1. The molecular weight excluding hydrogens is 326 g/mol. The second-order valence-electron chi connectivity index (χ2n) is 8.62. The summed E-state index contributed by atoms with van der Waals surface area (Å²) in [7, 11) is 0. The Kier molecular flexibility index (Phi) is 16.6. The van der Waals surface area contributed by atoms with Gasteiger partial charge in [-0.25, -0.2) is 4.57 Å². The molecular formula is C26H48N+. The minimum absolute atomic E-state index is 1.18. The molecule has 0 bridgehead atoms. The second kappa shape index (κ2) is 18.5. The van der Waals surface area contributed by atoms with E-state index in [1.54, 1.807) is 0 Å². The molecule has 0 radical (unpaired) electrons. The highest BCUT2D eigenvalue weighted by atomic mass is 14.9. The zero-order chi connectivity index (χ0) is 19.4. The first-order valence-corrected chi connectivity index (χ1v) is 12.3. The summed E-state index contributed by atoms with van der Waals surface area (Å²) in [5.41, 5.74) is 1.35. The zero-order valence-corrected chi connectivity index (χ0v) is 18.7. The van der Waals surface area contributed by atoms with Gasteiger partial charge in [0.25, 0.3) is 0 Å². The highest BCUT2D eigenvalue weighted by Gasteiger charge is 1.99. The van der Waals surface area contributed by atoms with Gasteiger partial charge in [-0.05, 0) is 18.9 Å². The molecule has 1 rings (SSSR count). The third kappa shape index (κ3) is 15.9. The molecule has 0 saturated heterocycles. The van der Waals surface area contributed by atoms with E-state index in [0.717, 1.165) is 0 Å². The topological polar surface area (TPSA) is 3.88 Å². The van der Waals surface area contributed by atoms with Crippen LogP contribution in [0.4, 0.5) is 0 Å². The lowest BCUT2D eigenvalue weighted by molar-refractivity contribution is -0.697. The van der Waals surface area contributed by atoms with E-state index in [0.29, 0.717) is 0 Å². The fourth-order valence-electron chi connectivity index (χ4n) is 3.88. The van der Waals surface area contributed by atoms with Crippen molar-refractivity contribution in [3.63, 3.8) is 0 Å². The van der Waals surface area contributed by atoms with Gasteiger partial charge in [-0.1, -0.05) is 110 Å². The number of hydrogen-bond acceptors (Lipinski definition) is 0. The molecule has 0 saturated carbocycles. The summed E-state index contributed by atoms with van der Waals surface area (Å²) in [5, 5.41) is 0. The van der Waals surface area contributed by atoms with Crippen molar-refractivity contribution >= 4 is 0 Å². The van der Waals surface area contributed by atoms with Crippen molar-refractivity contribution in [3.8, 4) is 0 Å². The molecule has 0 N–H and O–H groups in total. The van der Waals surface area contributed by atoms with Gasteiger partial charge in [0.1, 0.15) is 6.54 Å². The SMILES string of the molecule is CCCCCCCCCCCCCCCCCCCC[n+]1ccc(C)cc1. The second-order valence-corrected chi connectivity index (χ2v) is 8.62. The van der Waals surface area contributed by atoms with Crippen LogP contribution in [0.15, 0.2) is 24.5 Å². The molecule has 0 spiro atoms. The average Bonchev–Trinajstić information content (AvgIpc) is 2.68. The van der Waals surface area contributed by atoms with Gasteiger partial charge in [-0.3, -0.25) is 0 Å². The van der Waals surface area contributed by atoms with Crippen LogP contribution in [0.1, 0.15) is 128 Å². The molecule has 1 aromatic rings. The highest BCUT2D eigenvalue weighted by molar-refractivity contribution is 5.03. The first kappa shape index (κ1) is 24.2. The van der Waals surface area contributed by atoms with Gasteiger partial charge < -0.3 is 0 Å². The van der Waals surface area contributed by atoms with Gasteiger partial charge in [0.15, 0.2) is 12.4 Å². The lowest BCUT2D eigenvalue weighted by Gasteiger charge is -2.03. The fraction of sp³-hybridized carbons (Fsp3) is 0.808. The molecule has 0 atom stereocenters. The van der Waals surface area contributed by atoms with Crippen molar-refractivity contribution in [2.75, 3.05) is 0 Å². The van der Waals surface area contributed by atoms with Gasteiger partial charge >= 0.3 is 0 Å². The fourth-order valence-corrected chi connectivity index (χ4v) is 3.88. The molecule has 0 amide bonds. The Balaban J connectivity index is 1.71.